The van der Waals surface area contributed by atoms with Crippen molar-refractivity contribution in [3.05, 3.63) is 35.8 Å². The van der Waals surface area contributed by atoms with Gasteiger partial charge in [0.2, 0.25) is 0 Å². The van der Waals surface area contributed by atoms with Crippen molar-refractivity contribution in [2.45, 2.75) is 33.1 Å². The molecule has 90 valence electrons. The molecule has 17 heavy (non-hydrogen) atoms. The third kappa shape index (κ3) is 2.46. The van der Waals surface area contributed by atoms with Crippen molar-refractivity contribution in [2.24, 2.45) is 0 Å². The van der Waals surface area contributed by atoms with Crippen LogP contribution >= 0.6 is 0 Å². The molecule has 0 saturated heterocycles. The lowest BCUT2D eigenvalue weighted by Crippen LogP contribution is -2.03. The third-order valence-electron chi connectivity index (χ3n) is 2.83. The quantitative estimate of drug-likeness (QED) is 0.878. The maximum absolute atomic E-state index is 6.09. The second-order valence-electron chi connectivity index (χ2n) is 4.23. The predicted octanol–water partition coefficient (Wildman–Crippen LogP) is 2.50. The highest BCUT2D eigenvalue weighted by molar-refractivity contribution is 5.46. The van der Waals surface area contributed by atoms with Gasteiger partial charge in [0.15, 0.2) is 0 Å². The fourth-order valence-corrected chi connectivity index (χ4v) is 1.74. The summed E-state index contributed by atoms with van der Waals surface area (Å²) >= 11 is 0. The van der Waals surface area contributed by atoms with Crippen LogP contribution in [0.4, 0.5) is 5.82 Å². The van der Waals surface area contributed by atoms with Gasteiger partial charge in [0.25, 0.3) is 0 Å². The maximum atomic E-state index is 6.09. The molecular formula is C13H18N4. The Balaban J connectivity index is 2.27. The smallest absolute Gasteiger partial charge is 0.130 e. The average Bonchev–Trinajstić information content (AvgIpc) is 2.69. The lowest BCUT2D eigenvalue weighted by atomic mass is 10.1. The Morgan fingerprint density at radius 3 is 2.76 bits per heavy atom. The van der Waals surface area contributed by atoms with E-state index in [2.05, 4.69) is 17.0 Å². The molecule has 0 fully saturated rings. The zero-order chi connectivity index (χ0) is 12.3. The van der Waals surface area contributed by atoms with Gasteiger partial charge >= 0.3 is 0 Å². The summed E-state index contributed by atoms with van der Waals surface area (Å²) in [7, 11) is 0. The minimum Gasteiger partial charge on any atom is -0.383 e. The summed E-state index contributed by atoms with van der Waals surface area (Å²) in [5.74, 6) is 0.726. The zero-order valence-corrected chi connectivity index (χ0v) is 10.3. The zero-order valence-electron chi connectivity index (χ0n) is 10.3. The molecular weight excluding hydrogens is 212 g/mol. The molecule has 0 spiro atoms. The summed E-state index contributed by atoms with van der Waals surface area (Å²) in [5, 5.41) is 4.32. The minimum atomic E-state index is 0.726. The predicted molar refractivity (Wildman–Crippen MR) is 69.1 cm³/mol. The van der Waals surface area contributed by atoms with Gasteiger partial charge in [-0.2, -0.15) is 5.10 Å². The number of aryl methyl sites for hydroxylation is 2. The highest BCUT2D eigenvalue weighted by Crippen LogP contribution is 2.18. The molecule has 0 aliphatic rings. The second-order valence-corrected chi connectivity index (χ2v) is 4.23. The molecule has 0 unspecified atom stereocenters. The van der Waals surface area contributed by atoms with Crippen molar-refractivity contribution >= 4 is 5.82 Å². The van der Waals surface area contributed by atoms with Gasteiger partial charge in [-0.3, -0.25) is 4.98 Å². The second kappa shape index (κ2) is 4.99. The van der Waals surface area contributed by atoms with Crippen LogP contribution in [-0.2, 0) is 6.42 Å². The van der Waals surface area contributed by atoms with Gasteiger partial charge in [-0.05, 0) is 31.9 Å². The van der Waals surface area contributed by atoms with Crippen LogP contribution in [0.25, 0.3) is 5.69 Å². The molecule has 2 N–H and O–H groups in total. The SMILES string of the molecule is CCCCc1cnn(-c2ccc(C)nc2)c1N. The van der Waals surface area contributed by atoms with E-state index in [1.54, 1.807) is 10.9 Å². The normalized spacial score (nSPS) is 10.7. The number of aromatic nitrogens is 3. The summed E-state index contributed by atoms with van der Waals surface area (Å²) in [4.78, 5) is 4.25. The molecule has 2 heterocycles. The van der Waals surface area contributed by atoms with Crippen LogP contribution in [0.15, 0.2) is 24.5 Å². The molecule has 0 saturated carbocycles. The molecule has 2 rings (SSSR count). The first-order chi connectivity index (χ1) is 8.22. The van der Waals surface area contributed by atoms with E-state index in [1.807, 2.05) is 25.3 Å². The first-order valence-corrected chi connectivity index (χ1v) is 5.97. The third-order valence-corrected chi connectivity index (χ3v) is 2.83. The van der Waals surface area contributed by atoms with E-state index in [-0.39, 0.29) is 0 Å². The number of rotatable bonds is 4. The number of hydrogen-bond donors (Lipinski definition) is 1. The number of nitrogens with zero attached hydrogens (tertiary/aromatic N) is 3. The van der Waals surface area contributed by atoms with Crippen LogP contribution in [0, 0.1) is 6.92 Å². The number of nitrogen functional groups attached to an aromatic ring is 1. The fraction of sp³-hybridized carbons (Fsp3) is 0.385. The van der Waals surface area contributed by atoms with Crippen molar-refractivity contribution in [2.75, 3.05) is 5.73 Å². The van der Waals surface area contributed by atoms with Crippen molar-refractivity contribution in [3.8, 4) is 5.69 Å². The van der Waals surface area contributed by atoms with Gasteiger partial charge in [-0.25, -0.2) is 4.68 Å². The lowest BCUT2D eigenvalue weighted by molar-refractivity contribution is 0.796. The molecule has 0 aliphatic carbocycles. The Morgan fingerprint density at radius 1 is 1.29 bits per heavy atom. The summed E-state index contributed by atoms with van der Waals surface area (Å²) in [6, 6.07) is 3.94. The summed E-state index contributed by atoms with van der Waals surface area (Å²) in [6.07, 6.45) is 6.94. The van der Waals surface area contributed by atoms with Crippen molar-refractivity contribution in [1.82, 2.24) is 14.8 Å². The Kier molecular flexibility index (Phi) is 3.42. The Bertz CT molecular complexity index is 485. The summed E-state index contributed by atoms with van der Waals surface area (Å²) in [6.45, 7) is 4.13. The first kappa shape index (κ1) is 11.6. The van der Waals surface area contributed by atoms with Crippen molar-refractivity contribution in [3.63, 3.8) is 0 Å². The van der Waals surface area contributed by atoms with Gasteiger partial charge in [0, 0.05) is 11.3 Å². The van der Waals surface area contributed by atoms with Crippen LogP contribution in [-0.4, -0.2) is 14.8 Å². The number of pyridine rings is 1. The van der Waals surface area contributed by atoms with E-state index in [0.717, 1.165) is 42.0 Å². The summed E-state index contributed by atoms with van der Waals surface area (Å²) < 4.78 is 1.75. The standard InChI is InChI=1S/C13H18N4/c1-3-4-5-11-8-16-17(13(11)14)12-7-6-10(2)15-9-12/h6-9H,3-5,14H2,1-2H3. The Labute approximate surface area is 101 Å². The van der Waals surface area contributed by atoms with Gasteiger partial charge in [0.1, 0.15) is 5.82 Å². The van der Waals surface area contributed by atoms with E-state index in [9.17, 15) is 0 Å². The Hall–Kier alpha value is -1.84. The molecule has 0 aliphatic heterocycles. The number of hydrogen-bond acceptors (Lipinski definition) is 3. The first-order valence-electron chi connectivity index (χ1n) is 5.97. The molecule has 0 amide bonds. The van der Waals surface area contributed by atoms with Crippen molar-refractivity contribution < 1.29 is 0 Å². The fourth-order valence-electron chi connectivity index (χ4n) is 1.74. The molecule has 2 aromatic rings. The molecule has 0 bridgehead atoms. The van der Waals surface area contributed by atoms with Gasteiger partial charge in [-0.1, -0.05) is 13.3 Å². The van der Waals surface area contributed by atoms with E-state index in [0.29, 0.717) is 0 Å². The van der Waals surface area contributed by atoms with E-state index < -0.39 is 0 Å². The number of anilines is 1. The van der Waals surface area contributed by atoms with E-state index in [4.69, 9.17) is 5.73 Å². The van der Waals surface area contributed by atoms with Gasteiger partial charge < -0.3 is 5.73 Å². The topological polar surface area (TPSA) is 56.7 Å². The molecule has 4 nitrogen and oxygen atoms in total. The minimum absolute atomic E-state index is 0.726. The number of unbranched alkanes of at least 4 members (excludes halogenated alkanes) is 1. The lowest BCUT2D eigenvalue weighted by Gasteiger charge is -2.05. The highest BCUT2D eigenvalue weighted by atomic mass is 15.3. The Morgan fingerprint density at radius 2 is 2.12 bits per heavy atom. The van der Waals surface area contributed by atoms with Gasteiger partial charge in [-0.15, -0.1) is 0 Å². The molecule has 4 heteroatoms. The van der Waals surface area contributed by atoms with E-state index >= 15 is 0 Å². The van der Waals surface area contributed by atoms with Crippen LogP contribution < -0.4 is 5.73 Å². The summed E-state index contributed by atoms with van der Waals surface area (Å²) in [5.41, 5.74) is 9.11. The maximum Gasteiger partial charge on any atom is 0.130 e. The van der Waals surface area contributed by atoms with Crippen LogP contribution in [0.3, 0.4) is 0 Å². The van der Waals surface area contributed by atoms with Crippen LogP contribution in [0.2, 0.25) is 0 Å². The molecule has 0 radical (unpaired) electrons. The number of nitrogens with two attached hydrogens (primary N) is 1. The van der Waals surface area contributed by atoms with Crippen molar-refractivity contribution in [1.29, 1.82) is 0 Å². The van der Waals surface area contributed by atoms with Gasteiger partial charge in [0.05, 0.1) is 18.1 Å². The average molecular weight is 230 g/mol. The van der Waals surface area contributed by atoms with Crippen LogP contribution in [0.5, 0.6) is 0 Å². The molecule has 0 aromatic carbocycles. The monoisotopic (exact) mass is 230 g/mol. The largest absolute Gasteiger partial charge is 0.383 e. The van der Waals surface area contributed by atoms with E-state index in [1.165, 1.54) is 0 Å². The molecule has 0 atom stereocenters. The molecule has 2 aromatic heterocycles. The van der Waals surface area contributed by atoms with Crippen LogP contribution in [0.1, 0.15) is 31.0 Å². The highest BCUT2D eigenvalue weighted by Gasteiger charge is 2.08.